The zero-order valence-electron chi connectivity index (χ0n) is 14.8. The van der Waals surface area contributed by atoms with Crippen LogP contribution < -0.4 is 15.4 Å². The second kappa shape index (κ2) is 8.57. The van der Waals surface area contributed by atoms with Crippen LogP contribution in [-0.2, 0) is 4.79 Å². The average molecular weight is 380 g/mol. The standard InChI is InChI=1S/C19H19F3N2O3/c1-12-4-3-5-15(10-12)18(26)23-11-17(25)24-13(2)14-6-8-16(9-7-14)27-19(20,21)22/h3-10,13H,11H2,1-2H3,(H,23,26)(H,24,25). The molecule has 0 aromatic heterocycles. The van der Waals surface area contributed by atoms with Gasteiger partial charge in [0.15, 0.2) is 0 Å². The highest BCUT2D eigenvalue weighted by molar-refractivity contribution is 5.96. The first-order valence-electron chi connectivity index (χ1n) is 8.14. The van der Waals surface area contributed by atoms with E-state index in [1.807, 2.05) is 13.0 Å². The number of alkyl halides is 3. The summed E-state index contributed by atoms with van der Waals surface area (Å²) >= 11 is 0. The molecule has 144 valence electrons. The van der Waals surface area contributed by atoms with Crippen LogP contribution in [0.2, 0.25) is 0 Å². The van der Waals surface area contributed by atoms with Gasteiger partial charge in [-0.3, -0.25) is 9.59 Å². The van der Waals surface area contributed by atoms with Gasteiger partial charge in [0.25, 0.3) is 5.91 Å². The van der Waals surface area contributed by atoms with Crippen molar-refractivity contribution >= 4 is 11.8 Å². The van der Waals surface area contributed by atoms with Crippen molar-refractivity contribution in [3.63, 3.8) is 0 Å². The topological polar surface area (TPSA) is 67.4 Å². The van der Waals surface area contributed by atoms with Gasteiger partial charge in [-0.05, 0) is 43.7 Å². The fourth-order valence-electron chi connectivity index (χ4n) is 2.38. The lowest BCUT2D eigenvalue weighted by Gasteiger charge is -2.16. The van der Waals surface area contributed by atoms with Gasteiger partial charge in [-0.15, -0.1) is 13.2 Å². The van der Waals surface area contributed by atoms with E-state index in [1.54, 1.807) is 25.1 Å². The quantitative estimate of drug-likeness (QED) is 0.806. The van der Waals surface area contributed by atoms with E-state index in [1.165, 1.54) is 24.3 Å². The number of aryl methyl sites for hydroxylation is 1. The Hall–Kier alpha value is -3.03. The molecular formula is C19H19F3N2O3. The van der Waals surface area contributed by atoms with Gasteiger partial charge in [-0.1, -0.05) is 29.8 Å². The minimum absolute atomic E-state index is 0.216. The zero-order chi connectivity index (χ0) is 20.0. The van der Waals surface area contributed by atoms with Crippen LogP contribution in [0, 0.1) is 6.92 Å². The Kier molecular flexibility index (Phi) is 6.44. The number of carbonyl (C=O) groups is 2. The zero-order valence-corrected chi connectivity index (χ0v) is 14.8. The van der Waals surface area contributed by atoms with Crippen LogP contribution in [0.25, 0.3) is 0 Å². The number of nitrogens with one attached hydrogen (secondary N) is 2. The first kappa shape index (κ1) is 20.3. The highest BCUT2D eigenvalue weighted by Crippen LogP contribution is 2.24. The summed E-state index contributed by atoms with van der Waals surface area (Å²) in [5.74, 6) is -1.12. The van der Waals surface area contributed by atoms with E-state index < -0.39 is 18.3 Å². The Morgan fingerprint density at radius 2 is 1.78 bits per heavy atom. The van der Waals surface area contributed by atoms with Gasteiger partial charge in [0.2, 0.25) is 5.91 Å². The van der Waals surface area contributed by atoms with Gasteiger partial charge < -0.3 is 15.4 Å². The van der Waals surface area contributed by atoms with Gasteiger partial charge in [0.05, 0.1) is 12.6 Å². The molecule has 0 aliphatic heterocycles. The molecule has 0 bridgehead atoms. The lowest BCUT2D eigenvalue weighted by Crippen LogP contribution is -2.38. The molecule has 0 fully saturated rings. The van der Waals surface area contributed by atoms with Crippen LogP contribution in [0.3, 0.4) is 0 Å². The molecule has 0 radical (unpaired) electrons. The van der Waals surface area contributed by atoms with Crippen molar-refractivity contribution in [3.05, 3.63) is 65.2 Å². The SMILES string of the molecule is Cc1cccc(C(=O)NCC(=O)NC(C)c2ccc(OC(F)(F)F)cc2)c1. The predicted molar refractivity (Wildman–Crippen MR) is 93.2 cm³/mol. The summed E-state index contributed by atoms with van der Waals surface area (Å²) < 4.78 is 40.3. The van der Waals surface area contributed by atoms with Crippen molar-refractivity contribution in [1.29, 1.82) is 0 Å². The van der Waals surface area contributed by atoms with Crippen LogP contribution in [0.15, 0.2) is 48.5 Å². The molecule has 2 aromatic carbocycles. The molecule has 0 aliphatic carbocycles. The van der Waals surface area contributed by atoms with Crippen LogP contribution >= 0.6 is 0 Å². The first-order chi connectivity index (χ1) is 12.6. The molecule has 2 amide bonds. The summed E-state index contributed by atoms with van der Waals surface area (Å²) in [6.45, 7) is 3.32. The van der Waals surface area contributed by atoms with E-state index in [9.17, 15) is 22.8 Å². The molecule has 0 saturated carbocycles. The van der Waals surface area contributed by atoms with E-state index in [-0.39, 0.29) is 18.2 Å². The second-order valence-corrected chi connectivity index (χ2v) is 5.96. The Morgan fingerprint density at radius 1 is 1.11 bits per heavy atom. The molecule has 2 N–H and O–H groups in total. The number of hydrogen-bond donors (Lipinski definition) is 2. The number of carbonyl (C=O) groups excluding carboxylic acids is 2. The van der Waals surface area contributed by atoms with Crippen LogP contribution in [0.5, 0.6) is 5.75 Å². The Bertz CT molecular complexity index is 805. The van der Waals surface area contributed by atoms with E-state index in [4.69, 9.17) is 0 Å². The lowest BCUT2D eigenvalue weighted by atomic mass is 10.1. The summed E-state index contributed by atoms with van der Waals surface area (Å²) in [5.41, 5.74) is 1.98. The smallest absolute Gasteiger partial charge is 0.406 e. The minimum atomic E-state index is -4.75. The normalized spacial score (nSPS) is 12.2. The van der Waals surface area contributed by atoms with Crippen molar-refractivity contribution in [2.75, 3.05) is 6.54 Å². The third-order valence-electron chi connectivity index (χ3n) is 3.68. The molecule has 1 unspecified atom stereocenters. The summed E-state index contributed by atoms with van der Waals surface area (Å²) in [6, 6.07) is 11.7. The second-order valence-electron chi connectivity index (χ2n) is 5.96. The summed E-state index contributed by atoms with van der Waals surface area (Å²) in [5, 5.41) is 5.19. The predicted octanol–water partition coefficient (Wildman–Crippen LogP) is 3.50. The summed E-state index contributed by atoms with van der Waals surface area (Å²) in [6.07, 6.45) is -4.75. The number of hydrogen-bond acceptors (Lipinski definition) is 3. The minimum Gasteiger partial charge on any atom is -0.406 e. The molecule has 0 aliphatic rings. The van der Waals surface area contributed by atoms with Crippen molar-refractivity contribution < 1.29 is 27.5 Å². The van der Waals surface area contributed by atoms with Crippen molar-refractivity contribution in [1.82, 2.24) is 10.6 Å². The summed E-state index contributed by atoms with van der Waals surface area (Å²) in [7, 11) is 0. The van der Waals surface area contributed by atoms with Crippen LogP contribution in [-0.4, -0.2) is 24.7 Å². The van der Waals surface area contributed by atoms with Gasteiger partial charge >= 0.3 is 6.36 Å². The highest BCUT2D eigenvalue weighted by atomic mass is 19.4. The van der Waals surface area contributed by atoms with E-state index in [0.29, 0.717) is 11.1 Å². The maximum atomic E-state index is 12.2. The lowest BCUT2D eigenvalue weighted by molar-refractivity contribution is -0.274. The molecule has 1 atom stereocenters. The molecule has 0 saturated heterocycles. The molecule has 5 nitrogen and oxygen atoms in total. The number of halogens is 3. The Balaban J connectivity index is 1.85. The van der Waals surface area contributed by atoms with Crippen molar-refractivity contribution in [2.24, 2.45) is 0 Å². The van der Waals surface area contributed by atoms with Crippen LogP contribution in [0.4, 0.5) is 13.2 Å². The van der Waals surface area contributed by atoms with Gasteiger partial charge in [0.1, 0.15) is 5.75 Å². The van der Waals surface area contributed by atoms with Crippen molar-refractivity contribution in [3.8, 4) is 5.75 Å². The number of amides is 2. The van der Waals surface area contributed by atoms with Crippen LogP contribution in [0.1, 0.15) is 34.5 Å². The third-order valence-corrected chi connectivity index (χ3v) is 3.68. The summed E-state index contributed by atoms with van der Waals surface area (Å²) in [4.78, 5) is 24.0. The molecule has 8 heteroatoms. The fraction of sp³-hybridized carbons (Fsp3) is 0.263. The number of benzene rings is 2. The van der Waals surface area contributed by atoms with E-state index in [2.05, 4.69) is 15.4 Å². The number of rotatable bonds is 6. The van der Waals surface area contributed by atoms with Crippen molar-refractivity contribution in [2.45, 2.75) is 26.3 Å². The monoisotopic (exact) mass is 380 g/mol. The molecule has 2 rings (SSSR count). The van der Waals surface area contributed by atoms with Gasteiger partial charge in [-0.25, -0.2) is 0 Å². The molecular weight excluding hydrogens is 361 g/mol. The fourth-order valence-corrected chi connectivity index (χ4v) is 2.38. The third kappa shape index (κ3) is 6.65. The average Bonchev–Trinajstić information content (AvgIpc) is 2.59. The van der Waals surface area contributed by atoms with Gasteiger partial charge in [-0.2, -0.15) is 0 Å². The molecule has 0 spiro atoms. The highest BCUT2D eigenvalue weighted by Gasteiger charge is 2.31. The van der Waals surface area contributed by atoms with Gasteiger partial charge in [0, 0.05) is 5.56 Å². The Labute approximate surface area is 154 Å². The molecule has 27 heavy (non-hydrogen) atoms. The maximum Gasteiger partial charge on any atom is 0.573 e. The maximum absolute atomic E-state index is 12.2. The molecule has 0 heterocycles. The van der Waals surface area contributed by atoms with E-state index >= 15 is 0 Å². The van der Waals surface area contributed by atoms with E-state index in [0.717, 1.165) is 5.56 Å². The largest absolute Gasteiger partial charge is 0.573 e. The molecule has 2 aromatic rings. The Morgan fingerprint density at radius 3 is 2.37 bits per heavy atom. The first-order valence-corrected chi connectivity index (χ1v) is 8.14. The number of ether oxygens (including phenoxy) is 1.